The summed E-state index contributed by atoms with van der Waals surface area (Å²) < 4.78 is 1.37. The second kappa shape index (κ2) is 3.25. The normalized spacial score (nSPS) is 11.0. The maximum absolute atomic E-state index is 11.5. The van der Waals surface area contributed by atoms with Crippen LogP contribution in [0.1, 0.15) is 25.4 Å². The van der Waals surface area contributed by atoms with Crippen LogP contribution in [0.3, 0.4) is 0 Å². The standard InChI is InChI=1S/C9H12N4O/c1-3-6-5-8(14)13-9(10-6)11-7(4-2)12-13/h5H,3-4H2,1-2H3,(H,10,11,12). The van der Waals surface area contributed by atoms with Crippen molar-refractivity contribution in [3.05, 3.63) is 27.9 Å². The number of fused-ring (bicyclic) bond motifs is 1. The van der Waals surface area contributed by atoms with E-state index in [-0.39, 0.29) is 5.56 Å². The number of H-pyrrole nitrogens is 1. The van der Waals surface area contributed by atoms with E-state index < -0.39 is 0 Å². The molecule has 0 saturated carbocycles. The van der Waals surface area contributed by atoms with Gasteiger partial charge in [-0.05, 0) is 6.42 Å². The van der Waals surface area contributed by atoms with E-state index in [1.165, 1.54) is 10.6 Å². The van der Waals surface area contributed by atoms with Crippen LogP contribution in [0, 0.1) is 0 Å². The van der Waals surface area contributed by atoms with E-state index >= 15 is 0 Å². The van der Waals surface area contributed by atoms with E-state index in [1.807, 2.05) is 13.8 Å². The maximum atomic E-state index is 11.5. The molecule has 5 nitrogen and oxygen atoms in total. The average Bonchev–Trinajstić information content (AvgIpc) is 2.61. The Balaban J connectivity index is 2.73. The molecule has 0 aliphatic heterocycles. The second-order valence-electron chi connectivity index (χ2n) is 3.10. The summed E-state index contributed by atoms with van der Waals surface area (Å²) in [4.78, 5) is 20.0. The first-order valence-electron chi connectivity index (χ1n) is 4.72. The van der Waals surface area contributed by atoms with E-state index in [0.717, 1.165) is 24.4 Å². The number of aromatic nitrogens is 4. The molecule has 2 heterocycles. The molecule has 0 radical (unpaired) electrons. The van der Waals surface area contributed by atoms with Crippen molar-refractivity contribution in [2.24, 2.45) is 0 Å². The number of nitrogens with one attached hydrogen (secondary N) is 1. The molecule has 1 N–H and O–H groups in total. The molecule has 0 aromatic carbocycles. The van der Waals surface area contributed by atoms with Gasteiger partial charge in [-0.2, -0.15) is 9.50 Å². The molecule has 0 bridgehead atoms. The van der Waals surface area contributed by atoms with Crippen LogP contribution >= 0.6 is 0 Å². The largest absolute Gasteiger partial charge is 0.275 e. The number of rotatable bonds is 2. The van der Waals surface area contributed by atoms with Gasteiger partial charge in [0.2, 0.25) is 0 Å². The van der Waals surface area contributed by atoms with Crippen molar-refractivity contribution in [2.45, 2.75) is 26.7 Å². The van der Waals surface area contributed by atoms with Gasteiger partial charge >= 0.3 is 0 Å². The molecule has 0 spiro atoms. The molecule has 0 aliphatic rings. The van der Waals surface area contributed by atoms with Crippen molar-refractivity contribution >= 4 is 5.78 Å². The minimum atomic E-state index is -0.0981. The molecule has 74 valence electrons. The number of hydrogen-bond acceptors (Lipinski definition) is 3. The summed E-state index contributed by atoms with van der Waals surface area (Å²) in [6.07, 6.45) is 1.52. The lowest BCUT2D eigenvalue weighted by Crippen LogP contribution is -2.15. The Bertz CT molecular complexity index is 511. The lowest BCUT2D eigenvalue weighted by Gasteiger charge is -1.93. The molecular formula is C9H12N4O. The fraction of sp³-hybridized carbons (Fsp3) is 0.444. The van der Waals surface area contributed by atoms with E-state index in [4.69, 9.17) is 0 Å². The predicted octanol–water partition coefficient (Wildman–Crippen LogP) is 0.542. The Morgan fingerprint density at radius 1 is 1.36 bits per heavy atom. The van der Waals surface area contributed by atoms with Crippen molar-refractivity contribution in [3.63, 3.8) is 0 Å². The lowest BCUT2D eigenvalue weighted by molar-refractivity contribution is 0.843. The Morgan fingerprint density at radius 2 is 2.14 bits per heavy atom. The van der Waals surface area contributed by atoms with Gasteiger partial charge in [0.25, 0.3) is 11.3 Å². The van der Waals surface area contributed by atoms with Gasteiger partial charge in [-0.3, -0.25) is 9.89 Å². The van der Waals surface area contributed by atoms with Crippen LogP contribution in [0.15, 0.2) is 10.9 Å². The third-order valence-electron chi connectivity index (χ3n) is 2.13. The Morgan fingerprint density at radius 3 is 2.79 bits per heavy atom. The smallest absolute Gasteiger partial charge is 0.274 e. The third-order valence-corrected chi connectivity index (χ3v) is 2.13. The summed E-state index contributed by atoms with van der Waals surface area (Å²) in [7, 11) is 0. The van der Waals surface area contributed by atoms with Crippen LogP contribution in [-0.2, 0) is 12.8 Å². The van der Waals surface area contributed by atoms with Crippen LogP contribution in [-0.4, -0.2) is 19.6 Å². The molecule has 0 fully saturated rings. The van der Waals surface area contributed by atoms with Gasteiger partial charge < -0.3 is 0 Å². The zero-order valence-corrected chi connectivity index (χ0v) is 8.24. The number of aryl methyl sites for hydroxylation is 2. The number of hydrogen-bond donors (Lipinski definition) is 1. The number of aromatic amines is 1. The van der Waals surface area contributed by atoms with Crippen molar-refractivity contribution in [3.8, 4) is 0 Å². The van der Waals surface area contributed by atoms with Crippen LogP contribution in [0.25, 0.3) is 5.78 Å². The van der Waals surface area contributed by atoms with Crippen LogP contribution < -0.4 is 5.56 Å². The summed E-state index contributed by atoms with van der Waals surface area (Å²) in [5.41, 5.74) is 0.684. The molecule has 2 aromatic heterocycles. The van der Waals surface area contributed by atoms with Crippen LogP contribution in [0.2, 0.25) is 0 Å². The Hall–Kier alpha value is -1.65. The highest BCUT2D eigenvalue weighted by molar-refractivity contribution is 5.27. The molecule has 0 saturated heterocycles. The first-order chi connectivity index (χ1) is 6.74. The average molecular weight is 192 g/mol. The van der Waals surface area contributed by atoms with Crippen LogP contribution in [0.5, 0.6) is 0 Å². The zero-order valence-electron chi connectivity index (χ0n) is 8.24. The molecule has 14 heavy (non-hydrogen) atoms. The molecular weight excluding hydrogens is 180 g/mol. The summed E-state index contributed by atoms with van der Waals surface area (Å²) in [5.74, 6) is 1.24. The highest BCUT2D eigenvalue weighted by Crippen LogP contribution is 1.98. The Labute approximate surface area is 80.8 Å². The third kappa shape index (κ3) is 1.30. The molecule has 2 rings (SSSR count). The quantitative estimate of drug-likeness (QED) is 0.755. The number of nitrogens with zero attached hydrogens (tertiary/aromatic N) is 3. The fourth-order valence-corrected chi connectivity index (χ4v) is 1.31. The van der Waals surface area contributed by atoms with Crippen molar-refractivity contribution in [2.75, 3.05) is 0 Å². The summed E-state index contributed by atoms with van der Waals surface area (Å²) >= 11 is 0. The van der Waals surface area contributed by atoms with Gasteiger partial charge in [-0.1, -0.05) is 13.8 Å². The van der Waals surface area contributed by atoms with Crippen molar-refractivity contribution < 1.29 is 0 Å². The minimum Gasteiger partial charge on any atom is -0.275 e. The van der Waals surface area contributed by atoms with Crippen molar-refractivity contribution in [1.82, 2.24) is 19.6 Å². The van der Waals surface area contributed by atoms with E-state index in [9.17, 15) is 4.79 Å². The van der Waals surface area contributed by atoms with E-state index in [0.29, 0.717) is 5.78 Å². The van der Waals surface area contributed by atoms with Gasteiger partial charge in [0.1, 0.15) is 5.82 Å². The van der Waals surface area contributed by atoms with Gasteiger partial charge in [-0.25, -0.2) is 4.98 Å². The SMILES string of the molecule is CCc1cc(=O)n2[nH]c(CC)nc2n1. The zero-order chi connectivity index (χ0) is 10.1. The van der Waals surface area contributed by atoms with Gasteiger partial charge in [0.05, 0.1) is 0 Å². The predicted molar refractivity (Wildman–Crippen MR) is 52.4 cm³/mol. The minimum absolute atomic E-state index is 0.0981. The molecule has 0 atom stereocenters. The van der Waals surface area contributed by atoms with E-state index in [2.05, 4.69) is 15.1 Å². The van der Waals surface area contributed by atoms with Crippen molar-refractivity contribution in [1.29, 1.82) is 0 Å². The summed E-state index contributed by atoms with van der Waals surface area (Å²) in [6.45, 7) is 3.94. The van der Waals surface area contributed by atoms with Crippen LogP contribution in [0.4, 0.5) is 0 Å². The monoisotopic (exact) mass is 192 g/mol. The summed E-state index contributed by atoms with van der Waals surface area (Å²) in [6, 6.07) is 1.53. The molecule has 0 amide bonds. The lowest BCUT2D eigenvalue weighted by atomic mass is 10.3. The topological polar surface area (TPSA) is 63.0 Å². The van der Waals surface area contributed by atoms with E-state index in [1.54, 1.807) is 0 Å². The highest BCUT2D eigenvalue weighted by Gasteiger charge is 2.05. The van der Waals surface area contributed by atoms with Gasteiger partial charge in [0.15, 0.2) is 0 Å². The molecule has 0 aliphatic carbocycles. The maximum Gasteiger partial charge on any atom is 0.274 e. The van der Waals surface area contributed by atoms with Gasteiger partial charge in [0, 0.05) is 18.2 Å². The first kappa shape index (κ1) is 8.93. The molecule has 5 heteroatoms. The summed E-state index contributed by atoms with van der Waals surface area (Å²) in [5, 5.41) is 2.90. The van der Waals surface area contributed by atoms with Gasteiger partial charge in [-0.15, -0.1) is 0 Å². The molecule has 0 unspecified atom stereocenters. The first-order valence-corrected chi connectivity index (χ1v) is 4.72. The second-order valence-corrected chi connectivity index (χ2v) is 3.10. The Kier molecular flexibility index (Phi) is 2.07. The highest BCUT2D eigenvalue weighted by atomic mass is 16.1. The molecule has 2 aromatic rings. The fourth-order valence-electron chi connectivity index (χ4n) is 1.31.